The number of hydrogen-bond acceptors (Lipinski definition) is 1. The van der Waals surface area contributed by atoms with Crippen LogP contribution in [0, 0.1) is 0 Å². The number of nitrogens with zero attached hydrogens (tertiary/aromatic N) is 3. The van der Waals surface area contributed by atoms with Gasteiger partial charge in [-0.3, -0.25) is 0 Å². The van der Waals surface area contributed by atoms with Crippen molar-refractivity contribution in [2.45, 2.75) is 5.41 Å². The first-order chi connectivity index (χ1) is 32.8. The minimum atomic E-state index is -0.438. The van der Waals surface area contributed by atoms with Crippen LogP contribution in [0.25, 0.3) is 77.5 Å². The van der Waals surface area contributed by atoms with Gasteiger partial charge in [0.05, 0.1) is 22.0 Å². The Balaban J connectivity index is 0.951. The summed E-state index contributed by atoms with van der Waals surface area (Å²) in [6.45, 7) is 0. The molecule has 0 N–H and O–H groups in total. The number of benzene rings is 10. The van der Waals surface area contributed by atoms with E-state index in [4.69, 9.17) is 0 Å². The molecule has 308 valence electrons. The molecule has 2 aliphatic rings. The summed E-state index contributed by atoms with van der Waals surface area (Å²) in [5.41, 5.74) is 21.7. The van der Waals surface area contributed by atoms with Crippen LogP contribution in [0.5, 0.6) is 0 Å². The number of hydrogen-bond donors (Lipinski definition) is 0. The van der Waals surface area contributed by atoms with Gasteiger partial charge in [-0.05, 0) is 134 Å². The zero-order valence-corrected chi connectivity index (χ0v) is 36.0. The first-order valence-corrected chi connectivity index (χ1v) is 22.8. The molecule has 0 atom stereocenters. The smallest absolute Gasteiger partial charge is 0.0726 e. The van der Waals surface area contributed by atoms with E-state index in [9.17, 15) is 0 Å². The van der Waals surface area contributed by atoms with E-state index < -0.39 is 5.41 Å². The van der Waals surface area contributed by atoms with Crippen molar-refractivity contribution in [3.63, 3.8) is 0 Å². The number of anilines is 3. The van der Waals surface area contributed by atoms with E-state index in [0.717, 1.165) is 28.4 Å². The Bertz CT molecular complexity index is 3790. The molecule has 10 aromatic carbocycles. The molecule has 2 aromatic heterocycles. The van der Waals surface area contributed by atoms with Gasteiger partial charge in [-0.15, -0.1) is 0 Å². The van der Waals surface area contributed by atoms with Crippen LogP contribution in [0.1, 0.15) is 22.3 Å². The lowest BCUT2D eigenvalue weighted by Gasteiger charge is -2.32. The zero-order chi connectivity index (χ0) is 43.3. The summed E-state index contributed by atoms with van der Waals surface area (Å²) in [4.78, 5) is 2.43. The molecule has 1 spiro atoms. The molecule has 0 saturated carbocycles. The summed E-state index contributed by atoms with van der Waals surface area (Å²) in [7, 11) is 0. The van der Waals surface area contributed by atoms with Gasteiger partial charge in [0.25, 0.3) is 0 Å². The maximum absolute atomic E-state index is 2.48. The van der Waals surface area contributed by atoms with Gasteiger partial charge in [0.2, 0.25) is 0 Å². The summed E-state index contributed by atoms with van der Waals surface area (Å²) >= 11 is 0. The Morgan fingerprint density at radius 1 is 0.348 bits per heavy atom. The highest BCUT2D eigenvalue weighted by atomic mass is 15.1. The molecule has 2 heterocycles. The maximum atomic E-state index is 2.48. The molecule has 3 nitrogen and oxygen atoms in total. The van der Waals surface area contributed by atoms with Crippen LogP contribution in [-0.4, -0.2) is 9.13 Å². The van der Waals surface area contributed by atoms with Gasteiger partial charge in [0.15, 0.2) is 0 Å². The highest BCUT2D eigenvalue weighted by Crippen LogP contribution is 2.63. The van der Waals surface area contributed by atoms with Crippen molar-refractivity contribution in [1.29, 1.82) is 0 Å². The summed E-state index contributed by atoms with van der Waals surface area (Å²) in [6.07, 6.45) is 2.22. The number of fused-ring (bicyclic) bond motifs is 15. The predicted molar refractivity (Wildman–Crippen MR) is 274 cm³/mol. The fourth-order valence-corrected chi connectivity index (χ4v) is 11.6. The second kappa shape index (κ2) is 14.2. The van der Waals surface area contributed by atoms with Crippen LogP contribution in [0.4, 0.5) is 17.1 Å². The third kappa shape index (κ3) is 5.14. The quantitative estimate of drug-likeness (QED) is 0.163. The summed E-state index contributed by atoms with van der Waals surface area (Å²) in [5, 5.41) is 3.71. The summed E-state index contributed by atoms with van der Waals surface area (Å²) in [6, 6.07) is 89.4. The molecule has 0 aliphatic heterocycles. The number of para-hydroxylation sites is 2. The van der Waals surface area contributed by atoms with Crippen LogP contribution in [0.3, 0.4) is 0 Å². The molecule has 0 fully saturated rings. The van der Waals surface area contributed by atoms with Gasteiger partial charge in [0.1, 0.15) is 0 Å². The third-order valence-corrected chi connectivity index (χ3v) is 14.4. The molecule has 2 aliphatic carbocycles. The zero-order valence-electron chi connectivity index (χ0n) is 36.0. The first kappa shape index (κ1) is 36.8. The lowest BCUT2D eigenvalue weighted by molar-refractivity contribution is 0.793. The van der Waals surface area contributed by atoms with Gasteiger partial charge in [-0.1, -0.05) is 164 Å². The molecule has 0 unspecified atom stereocenters. The molecule has 0 bridgehead atoms. The Kier molecular flexibility index (Phi) is 7.90. The van der Waals surface area contributed by atoms with Crippen molar-refractivity contribution < 1.29 is 0 Å². The third-order valence-electron chi connectivity index (χ3n) is 14.4. The fraction of sp³-hybridized carbons (Fsp3) is 0.0159. The summed E-state index contributed by atoms with van der Waals surface area (Å²) in [5.74, 6) is 0. The normalized spacial score (nSPS) is 13.0. The first-order valence-electron chi connectivity index (χ1n) is 22.8. The number of aromatic nitrogens is 2. The lowest BCUT2D eigenvalue weighted by atomic mass is 9.70. The Morgan fingerprint density at radius 2 is 0.879 bits per heavy atom. The van der Waals surface area contributed by atoms with Crippen molar-refractivity contribution >= 4 is 49.8 Å². The molecule has 14 rings (SSSR count). The van der Waals surface area contributed by atoms with E-state index in [1.807, 2.05) is 0 Å². The topological polar surface area (TPSA) is 13.1 Å². The second-order valence-electron chi connectivity index (χ2n) is 17.7. The molecule has 66 heavy (non-hydrogen) atoms. The van der Waals surface area contributed by atoms with Crippen molar-refractivity contribution in [3.05, 3.63) is 271 Å². The van der Waals surface area contributed by atoms with Crippen LogP contribution >= 0.6 is 0 Å². The van der Waals surface area contributed by atoms with Crippen LogP contribution < -0.4 is 4.90 Å². The summed E-state index contributed by atoms with van der Waals surface area (Å²) < 4.78 is 4.76. The second-order valence-corrected chi connectivity index (χ2v) is 17.7. The van der Waals surface area contributed by atoms with E-state index in [2.05, 4.69) is 263 Å². The van der Waals surface area contributed by atoms with Crippen molar-refractivity contribution in [2.75, 3.05) is 4.90 Å². The van der Waals surface area contributed by atoms with Crippen LogP contribution in [-0.2, 0) is 5.41 Å². The Morgan fingerprint density at radius 3 is 1.55 bits per heavy atom. The molecule has 0 amide bonds. The molecule has 3 heteroatoms. The Hall–Kier alpha value is -8.66. The van der Waals surface area contributed by atoms with E-state index in [1.165, 1.54) is 88.3 Å². The van der Waals surface area contributed by atoms with E-state index in [1.54, 1.807) is 0 Å². The largest absolute Gasteiger partial charge is 0.316 e. The van der Waals surface area contributed by atoms with Crippen molar-refractivity contribution in [2.24, 2.45) is 0 Å². The highest BCUT2D eigenvalue weighted by molar-refractivity contribution is 6.20. The SMILES string of the molecule is c1ccc(-c2ccc(N(c3ccc(-n4ccc5ccc6c(c7ccccc7n6-c6ccccc6)c54)cc3)c3ccc4c(c3)C3(c5ccccc5-c5ccccc53)c3ccccc3-4)cc2)cc1. The van der Waals surface area contributed by atoms with Crippen molar-refractivity contribution in [3.8, 4) is 44.8 Å². The molecular weight excluding hydrogens is 799 g/mol. The predicted octanol–water partition coefficient (Wildman–Crippen LogP) is 16.2. The van der Waals surface area contributed by atoms with Crippen LogP contribution in [0.2, 0.25) is 0 Å². The monoisotopic (exact) mass is 839 g/mol. The van der Waals surface area contributed by atoms with Gasteiger partial charge < -0.3 is 14.0 Å². The van der Waals surface area contributed by atoms with E-state index in [0.29, 0.717) is 0 Å². The highest BCUT2D eigenvalue weighted by Gasteiger charge is 2.51. The van der Waals surface area contributed by atoms with Gasteiger partial charge in [-0.25, -0.2) is 0 Å². The lowest BCUT2D eigenvalue weighted by Crippen LogP contribution is -2.26. The van der Waals surface area contributed by atoms with Crippen LogP contribution in [0.15, 0.2) is 249 Å². The standard InChI is InChI=1S/C63H41N3/c1-3-15-42(16-4-1)43-27-30-47(31-28-43)65(49-36-37-53-52-21-9-13-25-57(52)63(58(53)41-49)55-23-11-7-19-50(55)51-20-8-12-24-56(51)63)48-34-32-45(33-35-48)64-40-39-44-29-38-60-61(62(44)64)54-22-10-14-26-59(54)66(60)46-17-5-2-6-18-46/h1-41H. The van der Waals surface area contributed by atoms with Gasteiger partial charge in [0, 0.05) is 50.8 Å². The van der Waals surface area contributed by atoms with E-state index >= 15 is 0 Å². The molecule has 0 saturated heterocycles. The van der Waals surface area contributed by atoms with E-state index in [-0.39, 0.29) is 0 Å². The minimum Gasteiger partial charge on any atom is -0.316 e. The average molecular weight is 840 g/mol. The van der Waals surface area contributed by atoms with Gasteiger partial charge in [-0.2, -0.15) is 0 Å². The number of rotatable bonds is 6. The minimum absolute atomic E-state index is 0.438. The van der Waals surface area contributed by atoms with Crippen molar-refractivity contribution in [1.82, 2.24) is 9.13 Å². The Labute approximate surface area is 383 Å². The van der Waals surface area contributed by atoms with Gasteiger partial charge >= 0.3 is 0 Å². The fourth-order valence-electron chi connectivity index (χ4n) is 11.6. The maximum Gasteiger partial charge on any atom is 0.0726 e. The average Bonchev–Trinajstić information content (AvgIpc) is 4.13. The molecular formula is C63H41N3. The molecule has 12 aromatic rings. The molecule has 0 radical (unpaired) electrons.